The van der Waals surface area contributed by atoms with Crippen molar-refractivity contribution in [3.05, 3.63) is 48.6 Å². The molecular weight excluding hydrogens is 398 g/mol. The highest BCUT2D eigenvalue weighted by molar-refractivity contribution is 4.83. The Balaban J connectivity index is 5.01. The Morgan fingerprint density at radius 2 is 0.545 bits per heavy atom. The van der Waals surface area contributed by atoms with Crippen molar-refractivity contribution >= 4 is 0 Å². The molecule has 0 saturated carbocycles. The smallest absolute Gasteiger partial charge is 0.0789 e. The van der Waals surface area contributed by atoms with Gasteiger partial charge < -0.3 is 4.48 Å². The highest BCUT2D eigenvalue weighted by Crippen LogP contribution is 2.18. The fourth-order valence-electron chi connectivity index (χ4n) is 4.46. The minimum atomic E-state index is 1.23. The third-order valence-electron chi connectivity index (χ3n) is 6.50. The molecule has 0 bridgehead atoms. The zero-order valence-electron chi connectivity index (χ0n) is 23.2. The Kier molecular flexibility index (Phi) is 24.7. The van der Waals surface area contributed by atoms with Gasteiger partial charge in [-0.05, 0) is 51.4 Å². The Bertz CT molecular complexity index is 403. The average molecular weight is 459 g/mol. The normalized spacial score (nSPS) is 13.0. The van der Waals surface area contributed by atoms with Crippen LogP contribution >= 0.6 is 0 Å². The molecule has 33 heavy (non-hydrogen) atoms. The van der Waals surface area contributed by atoms with Gasteiger partial charge in [0, 0.05) is 25.7 Å². The minimum absolute atomic E-state index is 1.23. The van der Waals surface area contributed by atoms with Crippen molar-refractivity contribution in [1.82, 2.24) is 0 Å². The van der Waals surface area contributed by atoms with Gasteiger partial charge in [0.15, 0.2) is 0 Å². The largest absolute Gasteiger partial charge is 0.324 e. The molecule has 0 fully saturated rings. The average Bonchev–Trinajstić information content (AvgIpc) is 2.83. The van der Waals surface area contributed by atoms with E-state index in [0.717, 1.165) is 0 Å². The first-order valence-corrected chi connectivity index (χ1v) is 14.7. The predicted octanol–water partition coefficient (Wildman–Crippen LogP) is 10.3. The molecule has 0 atom stereocenters. The molecule has 0 aliphatic heterocycles. The molecule has 0 N–H and O–H groups in total. The van der Waals surface area contributed by atoms with Crippen LogP contribution in [-0.2, 0) is 0 Å². The van der Waals surface area contributed by atoms with E-state index in [4.69, 9.17) is 0 Å². The number of hydrogen-bond acceptors (Lipinski definition) is 0. The molecule has 0 aliphatic carbocycles. The number of rotatable bonds is 24. The van der Waals surface area contributed by atoms with E-state index in [0.29, 0.717) is 0 Å². The third-order valence-corrected chi connectivity index (χ3v) is 6.50. The molecule has 192 valence electrons. The van der Waals surface area contributed by atoms with Crippen LogP contribution < -0.4 is 0 Å². The van der Waals surface area contributed by atoms with Gasteiger partial charge in [0.2, 0.25) is 0 Å². The maximum Gasteiger partial charge on any atom is 0.0789 e. The Morgan fingerprint density at radius 1 is 0.333 bits per heavy atom. The van der Waals surface area contributed by atoms with Gasteiger partial charge in [-0.25, -0.2) is 0 Å². The fourth-order valence-corrected chi connectivity index (χ4v) is 4.46. The van der Waals surface area contributed by atoms with Crippen molar-refractivity contribution in [1.29, 1.82) is 0 Å². The first-order valence-electron chi connectivity index (χ1n) is 14.7. The van der Waals surface area contributed by atoms with Gasteiger partial charge in [0.1, 0.15) is 0 Å². The standard InChI is InChI=1S/C32H60N/c1-5-9-13-17-21-25-29-33(30-26-22-18-14-10-6-2,31-27-23-19-15-11-7-3)32-28-24-20-16-12-8-4/h13-20H,5-12,21-32H2,1-4H3/q+1/b17-13+,18-14+,19-15+,20-16+. The first-order chi connectivity index (χ1) is 16.2. The number of allylic oxidation sites excluding steroid dienone is 8. The summed E-state index contributed by atoms with van der Waals surface area (Å²) >= 11 is 0. The van der Waals surface area contributed by atoms with E-state index >= 15 is 0 Å². The maximum absolute atomic E-state index is 2.44. The minimum Gasteiger partial charge on any atom is -0.324 e. The molecular formula is C32H60N+. The second-order valence-corrected chi connectivity index (χ2v) is 9.85. The van der Waals surface area contributed by atoms with Crippen LogP contribution in [0.25, 0.3) is 0 Å². The van der Waals surface area contributed by atoms with Crippen LogP contribution in [0.1, 0.15) is 130 Å². The summed E-state index contributed by atoms with van der Waals surface area (Å²) in [4.78, 5) is 0. The first kappa shape index (κ1) is 31.9. The molecule has 0 amide bonds. The summed E-state index contributed by atoms with van der Waals surface area (Å²) in [6.07, 6.45) is 39.7. The summed E-state index contributed by atoms with van der Waals surface area (Å²) in [6, 6.07) is 0. The van der Waals surface area contributed by atoms with E-state index in [2.05, 4.69) is 76.3 Å². The number of hydrogen-bond donors (Lipinski definition) is 0. The van der Waals surface area contributed by atoms with Crippen molar-refractivity contribution in [2.45, 2.75) is 130 Å². The van der Waals surface area contributed by atoms with Gasteiger partial charge in [-0.15, -0.1) is 0 Å². The van der Waals surface area contributed by atoms with Crippen LogP contribution in [0.15, 0.2) is 48.6 Å². The molecule has 0 saturated heterocycles. The number of quaternary nitrogens is 1. The summed E-state index contributed by atoms with van der Waals surface area (Å²) in [5.74, 6) is 0. The van der Waals surface area contributed by atoms with Gasteiger partial charge in [-0.3, -0.25) is 0 Å². The summed E-state index contributed by atoms with van der Waals surface area (Å²) < 4.78 is 1.34. The molecule has 1 heteroatoms. The lowest BCUT2D eigenvalue weighted by molar-refractivity contribution is -0.929. The second-order valence-electron chi connectivity index (χ2n) is 9.85. The van der Waals surface area contributed by atoms with Crippen molar-refractivity contribution in [2.75, 3.05) is 26.2 Å². The van der Waals surface area contributed by atoms with Crippen molar-refractivity contribution < 1.29 is 4.48 Å². The lowest BCUT2D eigenvalue weighted by atomic mass is 10.1. The molecule has 0 aromatic carbocycles. The zero-order chi connectivity index (χ0) is 24.3. The molecule has 0 heterocycles. The highest BCUT2D eigenvalue weighted by atomic mass is 15.3. The fraction of sp³-hybridized carbons (Fsp3) is 0.750. The number of unbranched alkanes of at least 4 members (excludes halogenated alkanes) is 8. The summed E-state index contributed by atoms with van der Waals surface area (Å²) in [5.41, 5.74) is 0. The van der Waals surface area contributed by atoms with E-state index in [1.165, 1.54) is 133 Å². The van der Waals surface area contributed by atoms with Crippen LogP contribution in [0.5, 0.6) is 0 Å². The van der Waals surface area contributed by atoms with E-state index in [1.54, 1.807) is 0 Å². The Labute approximate surface area is 209 Å². The topological polar surface area (TPSA) is 0 Å². The Hall–Kier alpha value is -1.08. The van der Waals surface area contributed by atoms with Crippen LogP contribution in [0.2, 0.25) is 0 Å². The van der Waals surface area contributed by atoms with Gasteiger partial charge in [-0.2, -0.15) is 0 Å². The monoisotopic (exact) mass is 458 g/mol. The van der Waals surface area contributed by atoms with E-state index in [1.807, 2.05) is 0 Å². The summed E-state index contributed by atoms with van der Waals surface area (Å²) in [7, 11) is 0. The lowest BCUT2D eigenvalue weighted by Crippen LogP contribution is -2.50. The zero-order valence-corrected chi connectivity index (χ0v) is 23.2. The summed E-state index contributed by atoms with van der Waals surface area (Å²) in [5, 5.41) is 0. The van der Waals surface area contributed by atoms with Gasteiger partial charge in [-0.1, -0.05) is 102 Å². The third kappa shape index (κ3) is 21.2. The molecule has 0 aliphatic rings. The Morgan fingerprint density at radius 3 is 0.758 bits per heavy atom. The van der Waals surface area contributed by atoms with E-state index in [9.17, 15) is 0 Å². The van der Waals surface area contributed by atoms with Crippen LogP contribution in [0, 0.1) is 0 Å². The number of nitrogens with zero attached hydrogens (tertiary/aromatic N) is 1. The molecule has 0 aromatic rings. The van der Waals surface area contributed by atoms with Crippen molar-refractivity contribution in [3.63, 3.8) is 0 Å². The van der Waals surface area contributed by atoms with Gasteiger partial charge in [0.05, 0.1) is 26.2 Å². The predicted molar refractivity (Wildman–Crippen MR) is 153 cm³/mol. The molecule has 0 rings (SSSR count). The van der Waals surface area contributed by atoms with Crippen LogP contribution in [0.4, 0.5) is 0 Å². The van der Waals surface area contributed by atoms with Crippen molar-refractivity contribution in [2.24, 2.45) is 0 Å². The molecule has 0 spiro atoms. The molecule has 0 unspecified atom stereocenters. The van der Waals surface area contributed by atoms with Gasteiger partial charge >= 0.3 is 0 Å². The van der Waals surface area contributed by atoms with Crippen LogP contribution in [-0.4, -0.2) is 30.7 Å². The second kappa shape index (κ2) is 25.5. The van der Waals surface area contributed by atoms with Crippen LogP contribution in [0.3, 0.4) is 0 Å². The molecule has 0 radical (unpaired) electrons. The quantitative estimate of drug-likeness (QED) is 0.0766. The molecule has 1 nitrogen and oxygen atoms in total. The molecule has 0 aromatic heterocycles. The van der Waals surface area contributed by atoms with Gasteiger partial charge in [0.25, 0.3) is 0 Å². The van der Waals surface area contributed by atoms with E-state index < -0.39 is 0 Å². The lowest BCUT2D eigenvalue weighted by Gasteiger charge is -2.39. The highest BCUT2D eigenvalue weighted by Gasteiger charge is 2.25. The summed E-state index contributed by atoms with van der Waals surface area (Å²) in [6.45, 7) is 14.5. The SMILES string of the molecule is CCC/C=C/CCC[N+](CCC/C=C/CCC)(CCC/C=C/CCC)CCC/C=C/CCC. The maximum atomic E-state index is 2.44. The van der Waals surface area contributed by atoms with Crippen molar-refractivity contribution in [3.8, 4) is 0 Å². The van der Waals surface area contributed by atoms with E-state index in [-0.39, 0.29) is 0 Å².